The van der Waals surface area contributed by atoms with Gasteiger partial charge in [-0.1, -0.05) is 20.8 Å². The van der Waals surface area contributed by atoms with Crippen LogP contribution in [0.2, 0.25) is 0 Å². The van der Waals surface area contributed by atoms with Crippen LogP contribution in [0.25, 0.3) is 0 Å². The van der Waals surface area contributed by atoms with E-state index in [1.165, 1.54) is 6.42 Å². The normalized spacial score (nSPS) is 28.3. The van der Waals surface area contributed by atoms with Crippen LogP contribution in [0.5, 0.6) is 0 Å². The van der Waals surface area contributed by atoms with Gasteiger partial charge in [0.05, 0.1) is 12.2 Å². The van der Waals surface area contributed by atoms with Gasteiger partial charge in [0.2, 0.25) is 0 Å². The molecule has 0 heterocycles. The Hall–Kier alpha value is -0.590. The molecule has 2 unspecified atom stereocenters. The number of rotatable bonds is 7. The molecule has 0 bridgehead atoms. The van der Waals surface area contributed by atoms with Gasteiger partial charge in [-0.05, 0) is 44.6 Å². The standard InChI is InChI=1S/C15H28N2O/c1-4-17-15(12-16)9-5-8-14(11-15)18-10-6-7-13(2)3/h13-14,17H,4-11H2,1-3H3. The minimum Gasteiger partial charge on any atom is -0.378 e. The second-order valence-corrected chi connectivity index (χ2v) is 5.85. The maximum Gasteiger partial charge on any atom is 0.109 e. The van der Waals surface area contributed by atoms with Crippen molar-refractivity contribution in [1.82, 2.24) is 5.32 Å². The zero-order valence-corrected chi connectivity index (χ0v) is 12.2. The molecule has 18 heavy (non-hydrogen) atoms. The largest absolute Gasteiger partial charge is 0.378 e. The molecule has 3 heteroatoms. The Morgan fingerprint density at radius 1 is 1.50 bits per heavy atom. The smallest absolute Gasteiger partial charge is 0.109 e. The van der Waals surface area contributed by atoms with Crippen LogP contribution in [0.3, 0.4) is 0 Å². The molecule has 0 aromatic heterocycles. The van der Waals surface area contributed by atoms with E-state index >= 15 is 0 Å². The van der Waals surface area contributed by atoms with Crippen LogP contribution in [-0.4, -0.2) is 24.8 Å². The number of hydrogen-bond donors (Lipinski definition) is 1. The van der Waals surface area contributed by atoms with E-state index in [0.717, 1.165) is 51.2 Å². The second-order valence-electron chi connectivity index (χ2n) is 5.85. The molecule has 1 N–H and O–H groups in total. The van der Waals surface area contributed by atoms with Gasteiger partial charge in [0, 0.05) is 13.0 Å². The molecule has 0 aromatic carbocycles. The summed E-state index contributed by atoms with van der Waals surface area (Å²) in [6.07, 6.45) is 6.64. The van der Waals surface area contributed by atoms with Gasteiger partial charge < -0.3 is 4.74 Å². The van der Waals surface area contributed by atoms with Gasteiger partial charge in [0.15, 0.2) is 0 Å². The molecular weight excluding hydrogens is 224 g/mol. The third-order valence-electron chi connectivity index (χ3n) is 3.71. The van der Waals surface area contributed by atoms with E-state index in [1.807, 2.05) is 0 Å². The van der Waals surface area contributed by atoms with Crippen molar-refractivity contribution < 1.29 is 4.74 Å². The Balaban J connectivity index is 2.32. The van der Waals surface area contributed by atoms with Crippen molar-refractivity contribution in [3.8, 4) is 6.07 Å². The summed E-state index contributed by atoms with van der Waals surface area (Å²) in [4.78, 5) is 0. The van der Waals surface area contributed by atoms with Gasteiger partial charge in [-0.25, -0.2) is 0 Å². The summed E-state index contributed by atoms with van der Waals surface area (Å²) in [5.74, 6) is 0.750. The summed E-state index contributed by atoms with van der Waals surface area (Å²) in [5, 5.41) is 12.7. The van der Waals surface area contributed by atoms with Gasteiger partial charge >= 0.3 is 0 Å². The fraction of sp³-hybridized carbons (Fsp3) is 0.933. The number of ether oxygens (including phenoxy) is 1. The van der Waals surface area contributed by atoms with E-state index in [0.29, 0.717) is 0 Å². The van der Waals surface area contributed by atoms with Crippen LogP contribution in [0.1, 0.15) is 59.3 Å². The van der Waals surface area contributed by atoms with Crippen molar-refractivity contribution in [2.45, 2.75) is 70.9 Å². The summed E-state index contributed by atoms with van der Waals surface area (Å²) >= 11 is 0. The van der Waals surface area contributed by atoms with Crippen molar-refractivity contribution in [1.29, 1.82) is 5.26 Å². The maximum absolute atomic E-state index is 9.37. The Morgan fingerprint density at radius 3 is 2.89 bits per heavy atom. The van der Waals surface area contributed by atoms with Gasteiger partial charge in [-0.15, -0.1) is 0 Å². The Bertz CT molecular complexity index is 268. The summed E-state index contributed by atoms with van der Waals surface area (Å²) in [6.45, 7) is 8.25. The summed E-state index contributed by atoms with van der Waals surface area (Å²) < 4.78 is 5.95. The zero-order chi connectivity index (χ0) is 13.4. The molecule has 1 aliphatic carbocycles. The fourth-order valence-corrected chi connectivity index (χ4v) is 2.75. The highest BCUT2D eigenvalue weighted by molar-refractivity contribution is 5.10. The Labute approximate surface area is 112 Å². The molecule has 0 amide bonds. The Kier molecular flexibility index (Phi) is 6.67. The number of nitriles is 1. The van der Waals surface area contributed by atoms with E-state index in [4.69, 9.17) is 4.74 Å². The Morgan fingerprint density at radius 2 is 2.28 bits per heavy atom. The topological polar surface area (TPSA) is 45.0 Å². The van der Waals surface area contributed by atoms with Crippen LogP contribution >= 0.6 is 0 Å². The molecule has 0 spiro atoms. The minimum absolute atomic E-state index is 0.268. The first-order valence-electron chi connectivity index (χ1n) is 7.40. The van der Waals surface area contributed by atoms with Crippen molar-refractivity contribution in [3.05, 3.63) is 0 Å². The molecule has 1 rings (SSSR count). The second kappa shape index (κ2) is 7.76. The van der Waals surface area contributed by atoms with Crippen molar-refractivity contribution in [3.63, 3.8) is 0 Å². The molecule has 1 saturated carbocycles. The highest BCUT2D eigenvalue weighted by atomic mass is 16.5. The lowest BCUT2D eigenvalue weighted by Gasteiger charge is -2.36. The van der Waals surface area contributed by atoms with Crippen molar-refractivity contribution in [2.24, 2.45) is 5.92 Å². The predicted molar refractivity (Wildman–Crippen MR) is 74.3 cm³/mol. The number of nitrogens with zero attached hydrogens (tertiary/aromatic N) is 1. The maximum atomic E-state index is 9.37. The van der Waals surface area contributed by atoms with E-state index < -0.39 is 0 Å². The predicted octanol–water partition coefficient (Wildman–Crippen LogP) is 3.25. The molecule has 1 fully saturated rings. The third kappa shape index (κ3) is 4.96. The lowest BCUT2D eigenvalue weighted by Crippen LogP contribution is -2.49. The third-order valence-corrected chi connectivity index (χ3v) is 3.71. The highest BCUT2D eigenvalue weighted by Gasteiger charge is 2.36. The van der Waals surface area contributed by atoms with Gasteiger partial charge in [-0.3, -0.25) is 5.32 Å². The van der Waals surface area contributed by atoms with Crippen LogP contribution in [-0.2, 0) is 4.74 Å². The number of nitrogens with one attached hydrogen (secondary N) is 1. The number of hydrogen-bond acceptors (Lipinski definition) is 3. The van der Waals surface area contributed by atoms with Crippen molar-refractivity contribution in [2.75, 3.05) is 13.2 Å². The lowest BCUT2D eigenvalue weighted by atomic mass is 9.81. The molecular formula is C15H28N2O. The van der Waals surface area contributed by atoms with Gasteiger partial charge in [-0.2, -0.15) is 5.26 Å². The molecule has 0 aromatic rings. The molecule has 0 aliphatic heterocycles. The van der Waals surface area contributed by atoms with Crippen LogP contribution in [0.4, 0.5) is 0 Å². The van der Waals surface area contributed by atoms with Crippen LogP contribution < -0.4 is 5.32 Å². The fourth-order valence-electron chi connectivity index (χ4n) is 2.75. The lowest BCUT2D eigenvalue weighted by molar-refractivity contribution is 0.00686. The summed E-state index contributed by atoms with van der Waals surface area (Å²) in [6, 6.07) is 2.47. The quantitative estimate of drug-likeness (QED) is 0.707. The van der Waals surface area contributed by atoms with Gasteiger partial charge in [0.25, 0.3) is 0 Å². The van der Waals surface area contributed by atoms with E-state index in [1.54, 1.807) is 0 Å². The average Bonchev–Trinajstić information content (AvgIpc) is 2.35. The molecule has 104 valence electrons. The minimum atomic E-state index is -0.338. The zero-order valence-electron chi connectivity index (χ0n) is 12.2. The molecule has 0 radical (unpaired) electrons. The highest BCUT2D eigenvalue weighted by Crippen LogP contribution is 2.29. The first-order valence-corrected chi connectivity index (χ1v) is 7.40. The van der Waals surface area contributed by atoms with Crippen LogP contribution in [0.15, 0.2) is 0 Å². The van der Waals surface area contributed by atoms with Gasteiger partial charge in [0.1, 0.15) is 5.54 Å². The monoisotopic (exact) mass is 252 g/mol. The first kappa shape index (κ1) is 15.5. The molecule has 0 saturated heterocycles. The average molecular weight is 252 g/mol. The molecule has 1 aliphatic rings. The molecule has 2 atom stereocenters. The van der Waals surface area contributed by atoms with Crippen molar-refractivity contribution >= 4 is 0 Å². The summed E-state index contributed by atoms with van der Waals surface area (Å²) in [5.41, 5.74) is -0.338. The SMILES string of the molecule is CCNC1(C#N)CCCC(OCCCC(C)C)C1. The van der Waals surface area contributed by atoms with E-state index in [2.05, 4.69) is 32.2 Å². The van der Waals surface area contributed by atoms with E-state index in [9.17, 15) is 5.26 Å². The molecule has 3 nitrogen and oxygen atoms in total. The van der Waals surface area contributed by atoms with E-state index in [-0.39, 0.29) is 11.6 Å². The van der Waals surface area contributed by atoms with Crippen LogP contribution in [0, 0.1) is 17.2 Å². The summed E-state index contributed by atoms with van der Waals surface area (Å²) in [7, 11) is 0. The first-order chi connectivity index (χ1) is 8.62.